The van der Waals surface area contributed by atoms with Gasteiger partial charge < -0.3 is 10.2 Å². The van der Waals surface area contributed by atoms with Crippen LogP contribution in [0.3, 0.4) is 0 Å². The van der Waals surface area contributed by atoms with Crippen molar-refractivity contribution in [1.29, 1.82) is 0 Å². The number of nitrogens with one attached hydrogen (secondary N) is 1. The molecule has 2 saturated heterocycles. The van der Waals surface area contributed by atoms with Gasteiger partial charge in [0.15, 0.2) is 0 Å². The molecule has 0 spiro atoms. The second kappa shape index (κ2) is 4.64. The number of nitrogens with zero attached hydrogens (tertiary/aromatic N) is 2. The van der Waals surface area contributed by atoms with E-state index >= 15 is 0 Å². The number of hydrogen-bond acceptors (Lipinski definition) is 3. The molecule has 1 N–H and O–H groups in total. The van der Waals surface area contributed by atoms with Crippen molar-refractivity contribution in [3.63, 3.8) is 0 Å². The molecule has 2 aliphatic heterocycles. The zero-order valence-corrected chi connectivity index (χ0v) is 10.9. The van der Waals surface area contributed by atoms with Gasteiger partial charge in [0.2, 0.25) is 5.91 Å². The lowest BCUT2D eigenvalue weighted by Crippen LogP contribution is -2.50. The van der Waals surface area contributed by atoms with Crippen LogP contribution < -0.4 is 5.32 Å². The Hall–Kier alpha value is -1.91. The van der Waals surface area contributed by atoms with E-state index in [0.29, 0.717) is 18.7 Å². The molecule has 1 aromatic heterocycles. The molecule has 0 aliphatic carbocycles. The summed E-state index contributed by atoms with van der Waals surface area (Å²) in [6.45, 7) is 2.58. The minimum atomic E-state index is -0.0210. The molecule has 5 nitrogen and oxygen atoms in total. The van der Waals surface area contributed by atoms with Crippen molar-refractivity contribution in [1.82, 2.24) is 15.2 Å². The predicted molar refractivity (Wildman–Crippen MR) is 69.6 cm³/mol. The smallest absolute Gasteiger partial charge is 0.272 e. The maximum atomic E-state index is 12.5. The van der Waals surface area contributed by atoms with Crippen LogP contribution in [0.4, 0.5) is 0 Å². The third-order valence-electron chi connectivity index (χ3n) is 3.93. The quantitative estimate of drug-likeness (QED) is 0.814. The highest BCUT2D eigenvalue weighted by atomic mass is 16.2. The van der Waals surface area contributed by atoms with E-state index in [0.717, 1.165) is 18.5 Å². The number of piperidine rings is 1. The van der Waals surface area contributed by atoms with Gasteiger partial charge in [-0.25, -0.2) is 4.98 Å². The number of fused-ring (bicyclic) bond motifs is 1. The lowest BCUT2D eigenvalue weighted by atomic mass is 9.99. The highest BCUT2D eigenvalue weighted by Crippen LogP contribution is 2.26. The fourth-order valence-corrected chi connectivity index (χ4v) is 3.00. The standard InChI is InChI=1S/C14H17N3O2/c1-9-3-2-4-11(15-9)14(19)17-8-7-10-12(17)5-6-13(18)16-10/h2-4,10,12H,5-8H2,1H3,(H,16,18)/t10-,12+/m1/s1. The average molecular weight is 259 g/mol. The summed E-state index contributed by atoms with van der Waals surface area (Å²) >= 11 is 0. The van der Waals surface area contributed by atoms with Crippen molar-refractivity contribution in [3.05, 3.63) is 29.6 Å². The van der Waals surface area contributed by atoms with Crippen LogP contribution in [0.5, 0.6) is 0 Å². The second-order valence-corrected chi connectivity index (χ2v) is 5.23. The zero-order chi connectivity index (χ0) is 13.4. The summed E-state index contributed by atoms with van der Waals surface area (Å²) < 4.78 is 0. The van der Waals surface area contributed by atoms with Gasteiger partial charge in [0, 0.05) is 18.7 Å². The van der Waals surface area contributed by atoms with Crippen LogP contribution in [0, 0.1) is 6.92 Å². The molecule has 2 fully saturated rings. The first-order valence-corrected chi connectivity index (χ1v) is 6.69. The van der Waals surface area contributed by atoms with Crippen LogP contribution in [0.15, 0.2) is 18.2 Å². The van der Waals surface area contributed by atoms with E-state index < -0.39 is 0 Å². The van der Waals surface area contributed by atoms with Crippen molar-refractivity contribution >= 4 is 11.8 Å². The summed E-state index contributed by atoms with van der Waals surface area (Å²) in [6, 6.07) is 5.74. The molecule has 2 atom stereocenters. The van der Waals surface area contributed by atoms with Gasteiger partial charge >= 0.3 is 0 Å². The summed E-state index contributed by atoms with van der Waals surface area (Å²) in [6.07, 6.45) is 2.11. The van der Waals surface area contributed by atoms with Crippen LogP contribution in [0.2, 0.25) is 0 Å². The van der Waals surface area contributed by atoms with Crippen LogP contribution in [-0.2, 0) is 4.79 Å². The molecule has 0 saturated carbocycles. The average Bonchev–Trinajstić information content (AvgIpc) is 2.80. The minimum absolute atomic E-state index is 0.0210. The third-order valence-corrected chi connectivity index (χ3v) is 3.93. The van der Waals surface area contributed by atoms with E-state index in [1.165, 1.54) is 0 Å². The molecule has 1 aromatic rings. The molecule has 100 valence electrons. The SMILES string of the molecule is Cc1cccc(C(=O)N2CC[C@H]3NC(=O)CC[C@@H]32)n1. The maximum Gasteiger partial charge on any atom is 0.272 e. The van der Waals surface area contributed by atoms with Crippen molar-refractivity contribution in [2.75, 3.05) is 6.54 Å². The van der Waals surface area contributed by atoms with E-state index in [1.807, 2.05) is 24.0 Å². The predicted octanol–water partition coefficient (Wildman–Crippen LogP) is 0.883. The lowest BCUT2D eigenvalue weighted by Gasteiger charge is -2.31. The summed E-state index contributed by atoms with van der Waals surface area (Å²) in [5, 5.41) is 2.97. The summed E-state index contributed by atoms with van der Waals surface area (Å²) in [5.41, 5.74) is 1.34. The summed E-state index contributed by atoms with van der Waals surface area (Å²) in [7, 11) is 0. The van der Waals surface area contributed by atoms with Crippen LogP contribution in [0.25, 0.3) is 0 Å². The number of amides is 2. The van der Waals surface area contributed by atoms with Gasteiger partial charge in [-0.15, -0.1) is 0 Å². The van der Waals surface area contributed by atoms with Gasteiger partial charge in [-0.05, 0) is 31.9 Å². The molecular weight excluding hydrogens is 242 g/mol. The molecule has 3 rings (SSSR count). The van der Waals surface area contributed by atoms with Crippen molar-refractivity contribution in [2.45, 2.75) is 38.3 Å². The number of pyridine rings is 1. The lowest BCUT2D eigenvalue weighted by molar-refractivity contribution is -0.123. The molecule has 0 radical (unpaired) electrons. The Morgan fingerprint density at radius 1 is 1.42 bits per heavy atom. The maximum absolute atomic E-state index is 12.5. The normalized spacial score (nSPS) is 25.9. The fourth-order valence-electron chi connectivity index (χ4n) is 3.00. The minimum Gasteiger partial charge on any atom is -0.351 e. The number of carbonyl (C=O) groups excluding carboxylic acids is 2. The van der Waals surface area contributed by atoms with Crippen molar-refractivity contribution in [3.8, 4) is 0 Å². The van der Waals surface area contributed by atoms with Gasteiger partial charge in [0.1, 0.15) is 5.69 Å². The summed E-state index contributed by atoms with van der Waals surface area (Å²) in [5.74, 6) is 0.0802. The first-order chi connectivity index (χ1) is 9.15. The van der Waals surface area contributed by atoms with E-state index in [1.54, 1.807) is 6.07 Å². The Morgan fingerprint density at radius 3 is 3.05 bits per heavy atom. The molecule has 0 aromatic carbocycles. The zero-order valence-electron chi connectivity index (χ0n) is 10.9. The highest BCUT2D eigenvalue weighted by Gasteiger charge is 2.40. The van der Waals surface area contributed by atoms with Gasteiger partial charge in [-0.1, -0.05) is 6.07 Å². The van der Waals surface area contributed by atoms with E-state index in [-0.39, 0.29) is 23.9 Å². The molecule has 0 bridgehead atoms. The van der Waals surface area contributed by atoms with Crippen LogP contribution in [0.1, 0.15) is 35.4 Å². The number of hydrogen-bond donors (Lipinski definition) is 1. The Bertz CT molecular complexity index is 529. The Labute approximate surface area is 112 Å². The van der Waals surface area contributed by atoms with E-state index in [2.05, 4.69) is 10.3 Å². The van der Waals surface area contributed by atoms with E-state index in [4.69, 9.17) is 0 Å². The number of aryl methyl sites for hydroxylation is 1. The molecule has 3 heterocycles. The molecule has 19 heavy (non-hydrogen) atoms. The van der Waals surface area contributed by atoms with Crippen LogP contribution >= 0.6 is 0 Å². The van der Waals surface area contributed by atoms with E-state index in [9.17, 15) is 9.59 Å². The number of rotatable bonds is 1. The van der Waals surface area contributed by atoms with Gasteiger partial charge in [-0.3, -0.25) is 9.59 Å². The third kappa shape index (κ3) is 2.20. The summed E-state index contributed by atoms with van der Waals surface area (Å²) in [4.78, 5) is 30.0. The van der Waals surface area contributed by atoms with Gasteiger partial charge in [0.25, 0.3) is 5.91 Å². The first kappa shape index (κ1) is 12.1. The Balaban J connectivity index is 1.80. The molecule has 2 aliphatic rings. The largest absolute Gasteiger partial charge is 0.351 e. The Morgan fingerprint density at radius 2 is 2.26 bits per heavy atom. The monoisotopic (exact) mass is 259 g/mol. The number of likely N-dealkylation sites (tertiary alicyclic amines) is 1. The highest BCUT2D eigenvalue weighted by molar-refractivity contribution is 5.93. The number of aromatic nitrogens is 1. The number of carbonyl (C=O) groups is 2. The van der Waals surface area contributed by atoms with Crippen LogP contribution in [-0.4, -0.2) is 40.3 Å². The fraction of sp³-hybridized carbons (Fsp3) is 0.500. The molecule has 2 amide bonds. The molecular formula is C14H17N3O2. The van der Waals surface area contributed by atoms with Crippen molar-refractivity contribution in [2.24, 2.45) is 0 Å². The van der Waals surface area contributed by atoms with Crippen molar-refractivity contribution < 1.29 is 9.59 Å². The topological polar surface area (TPSA) is 62.3 Å². The second-order valence-electron chi connectivity index (χ2n) is 5.23. The molecule has 0 unspecified atom stereocenters. The van der Waals surface area contributed by atoms with Gasteiger partial charge in [0.05, 0.1) is 12.1 Å². The first-order valence-electron chi connectivity index (χ1n) is 6.69. The van der Waals surface area contributed by atoms with Gasteiger partial charge in [-0.2, -0.15) is 0 Å². The Kier molecular flexibility index (Phi) is 2.97. The molecule has 5 heteroatoms.